The number of nitrogens with zero attached hydrogens (tertiary/aromatic N) is 5. The molecule has 0 bridgehead atoms. The van der Waals surface area contributed by atoms with Crippen molar-refractivity contribution in [2.75, 3.05) is 19.4 Å². The first-order valence-electron chi connectivity index (χ1n) is 9.67. The van der Waals surface area contributed by atoms with E-state index in [1.807, 2.05) is 0 Å². The van der Waals surface area contributed by atoms with E-state index in [0.29, 0.717) is 33.5 Å². The van der Waals surface area contributed by atoms with E-state index in [9.17, 15) is 18.0 Å². The van der Waals surface area contributed by atoms with Gasteiger partial charge in [0, 0.05) is 18.2 Å². The molecule has 0 radical (unpaired) electrons. The fourth-order valence-electron chi connectivity index (χ4n) is 3.92. The largest absolute Gasteiger partial charge is 0.433 e. The normalized spacial score (nSPS) is 16.3. The van der Waals surface area contributed by atoms with Crippen LogP contribution in [-0.2, 0) is 17.5 Å². The molecule has 1 amide bonds. The average molecular weight is 442 g/mol. The third-order valence-corrected chi connectivity index (χ3v) is 5.58. The third kappa shape index (κ3) is 3.21. The van der Waals surface area contributed by atoms with E-state index in [1.165, 1.54) is 11.0 Å². The molecule has 5 rings (SSSR count). The molecular weight excluding hydrogens is 425 g/mol. The van der Waals surface area contributed by atoms with E-state index >= 15 is 0 Å². The number of hydrogen-bond donors (Lipinski definition) is 1. The van der Waals surface area contributed by atoms with Gasteiger partial charge in [-0.05, 0) is 24.3 Å². The van der Waals surface area contributed by atoms with Gasteiger partial charge in [0.1, 0.15) is 17.0 Å². The Hall–Kier alpha value is -3.73. The van der Waals surface area contributed by atoms with Crippen LogP contribution in [0.25, 0.3) is 16.6 Å². The number of likely N-dealkylation sites (N-methyl/N-ethyl adjacent to an activating group) is 1. The van der Waals surface area contributed by atoms with Crippen molar-refractivity contribution in [3.05, 3.63) is 65.4 Å². The van der Waals surface area contributed by atoms with Gasteiger partial charge in [0.05, 0.1) is 48.5 Å². The first-order chi connectivity index (χ1) is 15.2. The molecule has 0 aliphatic carbocycles. The smallest absolute Gasteiger partial charge is 0.382 e. The number of carbonyl (C=O) groups is 1. The van der Waals surface area contributed by atoms with Crippen molar-refractivity contribution >= 4 is 28.3 Å². The second-order valence-electron chi connectivity index (χ2n) is 7.53. The van der Waals surface area contributed by atoms with Gasteiger partial charge >= 0.3 is 6.18 Å². The molecule has 1 aromatic carbocycles. The molecule has 0 fully saturated rings. The van der Waals surface area contributed by atoms with Crippen LogP contribution < -0.4 is 5.73 Å². The Bertz CT molecular complexity index is 1370. The lowest BCUT2D eigenvalue weighted by atomic mass is 10.0. The molecule has 3 aromatic heterocycles. The molecule has 0 saturated carbocycles. The molecule has 0 unspecified atom stereocenters. The quantitative estimate of drug-likeness (QED) is 0.512. The van der Waals surface area contributed by atoms with Crippen molar-refractivity contribution in [2.24, 2.45) is 0 Å². The summed E-state index contributed by atoms with van der Waals surface area (Å²) in [6.45, 7) is 0.110. The van der Waals surface area contributed by atoms with Crippen LogP contribution in [-0.4, -0.2) is 43.8 Å². The molecule has 164 valence electrons. The third-order valence-electron chi connectivity index (χ3n) is 5.58. The SMILES string of the molecule is CN(C(=O)c1ccc2nc(N)c3cncn3c2c1)[C@@H]1COCc2nc(C(F)(F)F)ccc21. The number of anilines is 1. The number of fused-ring (bicyclic) bond motifs is 4. The Morgan fingerprint density at radius 1 is 1.22 bits per heavy atom. The minimum atomic E-state index is -4.55. The van der Waals surface area contributed by atoms with Gasteiger partial charge in [-0.1, -0.05) is 6.07 Å². The van der Waals surface area contributed by atoms with E-state index in [4.69, 9.17) is 10.5 Å². The average Bonchev–Trinajstić information content (AvgIpc) is 3.28. The number of hydrogen-bond acceptors (Lipinski definition) is 6. The van der Waals surface area contributed by atoms with Crippen molar-refractivity contribution in [3.8, 4) is 0 Å². The van der Waals surface area contributed by atoms with Crippen LogP contribution in [0, 0.1) is 0 Å². The predicted molar refractivity (Wildman–Crippen MR) is 109 cm³/mol. The van der Waals surface area contributed by atoms with Gasteiger partial charge in [-0.3, -0.25) is 9.20 Å². The summed E-state index contributed by atoms with van der Waals surface area (Å²) in [6, 6.07) is 6.72. The predicted octanol–water partition coefficient (Wildman–Crippen LogP) is 3.22. The van der Waals surface area contributed by atoms with E-state index in [0.717, 1.165) is 6.07 Å². The minimum absolute atomic E-state index is 0.0422. The summed E-state index contributed by atoms with van der Waals surface area (Å²) < 4.78 is 46.2. The highest BCUT2D eigenvalue weighted by Gasteiger charge is 2.35. The molecule has 4 heterocycles. The van der Waals surface area contributed by atoms with Crippen molar-refractivity contribution in [1.29, 1.82) is 0 Å². The lowest BCUT2D eigenvalue weighted by Crippen LogP contribution is -2.36. The van der Waals surface area contributed by atoms with Crippen LogP contribution in [0.1, 0.15) is 33.4 Å². The molecule has 1 aliphatic rings. The molecule has 1 atom stereocenters. The van der Waals surface area contributed by atoms with Crippen LogP contribution in [0.2, 0.25) is 0 Å². The van der Waals surface area contributed by atoms with Crippen LogP contribution in [0.4, 0.5) is 19.0 Å². The number of ether oxygens (including phenoxy) is 1. The molecule has 11 heteroatoms. The Morgan fingerprint density at radius 2 is 2.03 bits per heavy atom. The van der Waals surface area contributed by atoms with Crippen LogP contribution in [0.15, 0.2) is 42.9 Å². The minimum Gasteiger partial charge on any atom is -0.382 e. The fourth-order valence-corrected chi connectivity index (χ4v) is 3.92. The Labute approximate surface area is 179 Å². The second-order valence-corrected chi connectivity index (χ2v) is 7.53. The number of carbonyl (C=O) groups excluding carboxylic acids is 1. The van der Waals surface area contributed by atoms with E-state index in [-0.39, 0.29) is 24.8 Å². The lowest BCUT2D eigenvalue weighted by Gasteiger charge is -2.33. The van der Waals surface area contributed by atoms with E-state index in [1.54, 1.807) is 42.2 Å². The van der Waals surface area contributed by atoms with Crippen LogP contribution >= 0.6 is 0 Å². The van der Waals surface area contributed by atoms with E-state index in [2.05, 4.69) is 15.0 Å². The second kappa shape index (κ2) is 7.16. The highest BCUT2D eigenvalue weighted by atomic mass is 19.4. The van der Waals surface area contributed by atoms with Gasteiger partial charge in [-0.15, -0.1) is 0 Å². The maximum Gasteiger partial charge on any atom is 0.433 e. The highest BCUT2D eigenvalue weighted by Crippen LogP contribution is 2.33. The standard InChI is InChI=1S/C21H17F3N6O2/c1-29(17-9-32-8-14-12(17)3-5-18(27-14)21(22,23)24)20(31)11-2-4-13-15(6-11)30-10-26-7-16(30)19(25)28-13/h2-7,10,17H,8-9H2,1H3,(H2,25,28)/t17-/m1/s1. The number of nitrogens with two attached hydrogens (primary N) is 1. The van der Waals surface area contributed by atoms with Crippen molar-refractivity contribution in [1.82, 2.24) is 24.3 Å². The molecule has 1 aliphatic heterocycles. The Morgan fingerprint density at radius 3 is 2.81 bits per heavy atom. The summed E-state index contributed by atoms with van der Waals surface area (Å²) >= 11 is 0. The molecule has 4 aromatic rings. The first kappa shape index (κ1) is 20.2. The number of pyridine rings is 1. The summed E-state index contributed by atoms with van der Waals surface area (Å²) in [5, 5.41) is 0. The monoisotopic (exact) mass is 442 g/mol. The highest BCUT2D eigenvalue weighted by molar-refractivity contribution is 5.98. The summed E-state index contributed by atoms with van der Waals surface area (Å²) in [5.41, 5.74) is 7.94. The van der Waals surface area contributed by atoms with Crippen molar-refractivity contribution in [2.45, 2.75) is 18.8 Å². The number of aromatic nitrogens is 4. The van der Waals surface area contributed by atoms with Gasteiger partial charge in [0.25, 0.3) is 5.91 Å². The summed E-state index contributed by atoms with van der Waals surface area (Å²) in [5.74, 6) is 0.00576. The van der Waals surface area contributed by atoms with Gasteiger partial charge < -0.3 is 15.4 Å². The summed E-state index contributed by atoms with van der Waals surface area (Å²) in [7, 11) is 1.58. The van der Waals surface area contributed by atoms with Crippen molar-refractivity contribution < 1.29 is 22.7 Å². The topological polar surface area (TPSA) is 98.6 Å². The zero-order chi connectivity index (χ0) is 22.6. The van der Waals surface area contributed by atoms with Gasteiger partial charge in [-0.25, -0.2) is 15.0 Å². The van der Waals surface area contributed by atoms with Crippen molar-refractivity contribution in [3.63, 3.8) is 0 Å². The Balaban J connectivity index is 1.50. The van der Waals surface area contributed by atoms with Crippen LogP contribution in [0.5, 0.6) is 0 Å². The molecule has 2 N–H and O–H groups in total. The molecule has 0 saturated heterocycles. The molecule has 32 heavy (non-hydrogen) atoms. The number of amides is 1. The van der Waals surface area contributed by atoms with Gasteiger partial charge in [0.2, 0.25) is 0 Å². The maximum atomic E-state index is 13.3. The summed E-state index contributed by atoms with van der Waals surface area (Å²) in [6.07, 6.45) is -1.38. The zero-order valence-electron chi connectivity index (χ0n) is 16.8. The molecule has 0 spiro atoms. The molecular formula is C21H17F3N6O2. The first-order valence-corrected chi connectivity index (χ1v) is 9.67. The number of imidazole rings is 1. The number of benzene rings is 1. The number of rotatable bonds is 2. The van der Waals surface area contributed by atoms with E-state index < -0.39 is 17.9 Å². The van der Waals surface area contributed by atoms with Gasteiger partial charge in [-0.2, -0.15) is 13.2 Å². The van der Waals surface area contributed by atoms with Crippen LogP contribution in [0.3, 0.4) is 0 Å². The fraction of sp³-hybridized carbons (Fsp3) is 0.238. The zero-order valence-corrected chi connectivity index (χ0v) is 16.8. The van der Waals surface area contributed by atoms with Gasteiger partial charge in [0.15, 0.2) is 0 Å². The number of nitrogen functional groups attached to an aromatic ring is 1. The Kier molecular flexibility index (Phi) is 4.52. The number of halogens is 3. The maximum absolute atomic E-state index is 13.3. The lowest BCUT2D eigenvalue weighted by molar-refractivity contribution is -0.141. The molecule has 8 nitrogen and oxygen atoms in total. The summed E-state index contributed by atoms with van der Waals surface area (Å²) in [4.78, 5) is 26.9. The number of alkyl halides is 3.